The Labute approximate surface area is 116 Å². The zero-order valence-electron chi connectivity index (χ0n) is 10.2. The Kier molecular flexibility index (Phi) is 3.71. The molecule has 2 rings (SSSR count). The average Bonchev–Trinajstić information content (AvgIpc) is 2.62. The first-order chi connectivity index (χ1) is 8.32. The second kappa shape index (κ2) is 4.83. The fraction of sp³-hybridized carbons (Fsp3) is 0.500. The lowest BCUT2D eigenvalue weighted by molar-refractivity contribution is 0.427. The Hall–Kier alpha value is -0.590. The first-order valence-corrected chi connectivity index (χ1v) is 8.19. The molecule has 0 spiro atoms. The quantitative estimate of drug-likeness (QED) is 0.836. The van der Waals surface area contributed by atoms with E-state index in [1.54, 1.807) is 12.1 Å². The van der Waals surface area contributed by atoms with Gasteiger partial charge in [0.25, 0.3) is 0 Å². The molecule has 3 N–H and O–H groups in total. The highest BCUT2D eigenvalue weighted by molar-refractivity contribution is 9.10. The maximum atomic E-state index is 12.3. The van der Waals surface area contributed by atoms with Crippen LogP contribution < -0.4 is 10.5 Å². The fourth-order valence-corrected chi connectivity index (χ4v) is 4.36. The summed E-state index contributed by atoms with van der Waals surface area (Å²) in [5.74, 6) is 0. The Morgan fingerprint density at radius 2 is 1.94 bits per heavy atom. The molecule has 0 bridgehead atoms. The Balaban J connectivity index is 2.30. The van der Waals surface area contributed by atoms with Crippen LogP contribution in [0.3, 0.4) is 0 Å². The van der Waals surface area contributed by atoms with Gasteiger partial charge in [-0.05, 0) is 38.0 Å². The molecule has 0 atom stereocenters. The van der Waals surface area contributed by atoms with Crippen LogP contribution in [0.5, 0.6) is 0 Å². The van der Waals surface area contributed by atoms with Crippen molar-refractivity contribution in [2.75, 3.05) is 5.73 Å². The number of nitrogens with one attached hydrogen (secondary N) is 1. The van der Waals surface area contributed by atoms with E-state index in [-0.39, 0.29) is 16.1 Å². The number of halogens is 1. The van der Waals surface area contributed by atoms with Gasteiger partial charge in [-0.3, -0.25) is 0 Å². The summed E-state index contributed by atoms with van der Waals surface area (Å²) in [4.78, 5) is 0.152. The first kappa shape index (κ1) is 13.8. The normalized spacial score (nSPS) is 19.0. The van der Waals surface area contributed by atoms with Gasteiger partial charge in [-0.2, -0.15) is 0 Å². The molecule has 1 aromatic carbocycles. The third-order valence-corrected chi connectivity index (χ3v) is 5.55. The largest absolute Gasteiger partial charge is 0.398 e. The second-order valence-electron chi connectivity index (χ2n) is 5.06. The summed E-state index contributed by atoms with van der Waals surface area (Å²) in [7, 11) is -3.55. The lowest BCUT2D eigenvalue weighted by atomic mass is 10.0. The number of nitrogens with two attached hydrogens (primary N) is 1. The molecule has 0 amide bonds. The third-order valence-electron chi connectivity index (χ3n) is 3.35. The molecule has 18 heavy (non-hydrogen) atoms. The third kappa shape index (κ3) is 2.87. The van der Waals surface area contributed by atoms with Gasteiger partial charge in [0, 0.05) is 10.0 Å². The van der Waals surface area contributed by atoms with Gasteiger partial charge in [0.05, 0.1) is 5.69 Å². The van der Waals surface area contributed by atoms with Crippen molar-refractivity contribution in [2.24, 2.45) is 0 Å². The molecule has 1 fully saturated rings. The molecule has 0 aromatic heterocycles. The van der Waals surface area contributed by atoms with Crippen LogP contribution in [0.1, 0.15) is 32.6 Å². The highest BCUT2D eigenvalue weighted by atomic mass is 79.9. The highest BCUT2D eigenvalue weighted by Crippen LogP contribution is 2.31. The van der Waals surface area contributed by atoms with E-state index in [1.165, 1.54) is 6.07 Å². The molecule has 1 aromatic rings. The number of anilines is 1. The number of hydrogen-bond donors (Lipinski definition) is 2. The van der Waals surface area contributed by atoms with Crippen LogP contribution in [0.4, 0.5) is 5.69 Å². The molecule has 6 heteroatoms. The van der Waals surface area contributed by atoms with Gasteiger partial charge in [-0.25, -0.2) is 13.1 Å². The van der Waals surface area contributed by atoms with Crippen molar-refractivity contribution in [1.82, 2.24) is 4.72 Å². The van der Waals surface area contributed by atoms with E-state index in [2.05, 4.69) is 20.7 Å². The summed E-state index contributed by atoms with van der Waals surface area (Å²) in [5, 5.41) is 0. The lowest BCUT2D eigenvalue weighted by Gasteiger charge is -2.25. The minimum Gasteiger partial charge on any atom is -0.398 e. The number of hydrogen-bond acceptors (Lipinski definition) is 3. The van der Waals surface area contributed by atoms with Gasteiger partial charge in [0.15, 0.2) is 0 Å². The van der Waals surface area contributed by atoms with Gasteiger partial charge in [-0.1, -0.05) is 28.8 Å². The van der Waals surface area contributed by atoms with Gasteiger partial charge in [0.2, 0.25) is 10.0 Å². The van der Waals surface area contributed by atoms with Gasteiger partial charge in [0.1, 0.15) is 4.90 Å². The molecule has 0 unspecified atom stereocenters. The van der Waals surface area contributed by atoms with E-state index >= 15 is 0 Å². The topological polar surface area (TPSA) is 72.2 Å². The smallest absolute Gasteiger partial charge is 0.243 e. The van der Waals surface area contributed by atoms with E-state index in [0.717, 1.165) is 30.2 Å². The summed E-state index contributed by atoms with van der Waals surface area (Å²) in [6.07, 6.45) is 3.88. The van der Waals surface area contributed by atoms with E-state index in [1.807, 2.05) is 6.92 Å². The first-order valence-electron chi connectivity index (χ1n) is 5.91. The zero-order valence-corrected chi connectivity index (χ0v) is 12.6. The van der Waals surface area contributed by atoms with E-state index in [0.29, 0.717) is 0 Å². The van der Waals surface area contributed by atoms with Gasteiger partial charge < -0.3 is 5.73 Å². The molecule has 1 saturated carbocycles. The van der Waals surface area contributed by atoms with Crippen molar-refractivity contribution < 1.29 is 8.42 Å². The number of benzene rings is 1. The molecule has 1 aliphatic rings. The summed E-state index contributed by atoms with van der Waals surface area (Å²) >= 11 is 3.27. The van der Waals surface area contributed by atoms with Crippen LogP contribution in [0.25, 0.3) is 0 Å². The Bertz CT molecular complexity index is 551. The summed E-state index contributed by atoms with van der Waals surface area (Å²) in [5.41, 5.74) is 5.70. The van der Waals surface area contributed by atoms with Crippen molar-refractivity contribution in [3.63, 3.8) is 0 Å². The van der Waals surface area contributed by atoms with E-state index < -0.39 is 10.0 Å². The minimum absolute atomic E-state index is 0.152. The zero-order chi connectivity index (χ0) is 13.4. The molecule has 0 heterocycles. The van der Waals surface area contributed by atoms with Crippen LogP contribution in [-0.2, 0) is 10.0 Å². The number of rotatable bonds is 3. The molecule has 0 radical (unpaired) electrons. The molecule has 0 saturated heterocycles. The SMILES string of the molecule is CC1(NS(=O)(=O)c2ccc(Br)cc2N)CCCC1. The summed E-state index contributed by atoms with van der Waals surface area (Å²) < 4.78 is 28.2. The van der Waals surface area contributed by atoms with Crippen LogP contribution in [0.15, 0.2) is 27.6 Å². The average molecular weight is 333 g/mol. The molecule has 1 aliphatic carbocycles. The summed E-state index contributed by atoms with van der Waals surface area (Å²) in [6.45, 7) is 1.95. The Morgan fingerprint density at radius 3 is 2.50 bits per heavy atom. The van der Waals surface area contributed by atoms with Crippen molar-refractivity contribution in [1.29, 1.82) is 0 Å². The molecule has 0 aliphatic heterocycles. The minimum atomic E-state index is -3.55. The predicted molar refractivity (Wildman–Crippen MR) is 75.7 cm³/mol. The predicted octanol–water partition coefficient (Wildman–Crippen LogP) is 2.64. The van der Waals surface area contributed by atoms with Crippen molar-refractivity contribution in [3.8, 4) is 0 Å². The van der Waals surface area contributed by atoms with Crippen molar-refractivity contribution in [3.05, 3.63) is 22.7 Å². The van der Waals surface area contributed by atoms with Crippen LogP contribution in [0.2, 0.25) is 0 Å². The Morgan fingerprint density at radius 1 is 1.33 bits per heavy atom. The van der Waals surface area contributed by atoms with E-state index in [9.17, 15) is 8.42 Å². The molecule has 100 valence electrons. The van der Waals surface area contributed by atoms with Crippen molar-refractivity contribution in [2.45, 2.75) is 43.0 Å². The number of nitrogen functional groups attached to an aromatic ring is 1. The maximum absolute atomic E-state index is 12.3. The second-order valence-corrected chi connectivity index (χ2v) is 7.62. The molecular formula is C12H17BrN2O2S. The molecular weight excluding hydrogens is 316 g/mol. The van der Waals surface area contributed by atoms with Crippen molar-refractivity contribution >= 4 is 31.6 Å². The number of sulfonamides is 1. The lowest BCUT2D eigenvalue weighted by Crippen LogP contribution is -2.43. The van der Waals surface area contributed by atoms with Crippen LogP contribution in [-0.4, -0.2) is 14.0 Å². The van der Waals surface area contributed by atoms with Crippen LogP contribution in [0, 0.1) is 0 Å². The standard InChI is InChI=1S/C12H17BrN2O2S/c1-12(6-2-3-7-12)15-18(16,17)11-5-4-9(13)8-10(11)14/h4-5,8,15H,2-3,6-7,14H2,1H3. The van der Waals surface area contributed by atoms with E-state index in [4.69, 9.17) is 5.73 Å². The van der Waals surface area contributed by atoms with Gasteiger partial charge >= 0.3 is 0 Å². The maximum Gasteiger partial charge on any atom is 0.243 e. The fourth-order valence-electron chi connectivity index (χ4n) is 2.40. The molecule has 4 nitrogen and oxygen atoms in total. The van der Waals surface area contributed by atoms with Crippen LogP contribution >= 0.6 is 15.9 Å². The monoisotopic (exact) mass is 332 g/mol. The highest BCUT2D eigenvalue weighted by Gasteiger charge is 2.34. The van der Waals surface area contributed by atoms with Gasteiger partial charge in [-0.15, -0.1) is 0 Å². The summed E-state index contributed by atoms with van der Waals surface area (Å²) in [6, 6.07) is 4.81.